The minimum atomic E-state index is -0.437. The van der Waals surface area contributed by atoms with Gasteiger partial charge in [0.25, 0.3) is 5.91 Å². The highest BCUT2D eigenvalue weighted by atomic mass is 32.2. The molecule has 2 aliphatic heterocycles. The summed E-state index contributed by atoms with van der Waals surface area (Å²) in [7, 11) is 0. The van der Waals surface area contributed by atoms with Crippen LogP contribution in [0.5, 0.6) is 11.5 Å². The molecule has 0 unspecified atom stereocenters. The number of thioether (sulfide) groups is 1. The van der Waals surface area contributed by atoms with Crippen LogP contribution >= 0.6 is 11.8 Å². The van der Waals surface area contributed by atoms with E-state index in [-0.39, 0.29) is 18.4 Å². The van der Waals surface area contributed by atoms with Crippen LogP contribution in [-0.2, 0) is 4.79 Å². The van der Waals surface area contributed by atoms with Crippen molar-refractivity contribution in [3.8, 4) is 11.5 Å². The van der Waals surface area contributed by atoms with E-state index in [0.717, 1.165) is 17.3 Å². The zero-order valence-electron chi connectivity index (χ0n) is 12.3. The summed E-state index contributed by atoms with van der Waals surface area (Å²) in [5, 5.41) is 2.98. The van der Waals surface area contributed by atoms with E-state index in [2.05, 4.69) is 10.3 Å². The van der Waals surface area contributed by atoms with Gasteiger partial charge in [0.1, 0.15) is 11.5 Å². The van der Waals surface area contributed by atoms with E-state index in [1.807, 2.05) is 6.07 Å². The predicted octanol–water partition coefficient (Wildman–Crippen LogP) is 3.45. The average molecular weight is 342 g/mol. The lowest BCUT2D eigenvalue weighted by Gasteiger charge is -1.98. The molecule has 2 aromatic rings. The number of aliphatic imine (C=N–C) groups is 1. The van der Waals surface area contributed by atoms with E-state index in [9.17, 15) is 9.18 Å². The minimum absolute atomic E-state index is 0.185. The molecule has 1 saturated heterocycles. The van der Waals surface area contributed by atoms with Crippen molar-refractivity contribution < 1.29 is 18.7 Å². The number of amidine groups is 1. The van der Waals surface area contributed by atoms with Crippen LogP contribution in [-0.4, -0.2) is 17.9 Å². The van der Waals surface area contributed by atoms with Gasteiger partial charge in [-0.15, -0.1) is 0 Å². The van der Waals surface area contributed by atoms with Gasteiger partial charge in [0.15, 0.2) is 16.7 Å². The first-order chi connectivity index (χ1) is 11.7. The summed E-state index contributed by atoms with van der Waals surface area (Å²) in [6.07, 6.45) is 1.73. The summed E-state index contributed by atoms with van der Waals surface area (Å²) in [4.78, 5) is 16.7. The fourth-order valence-corrected chi connectivity index (χ4v) is 3.12. The zero-order valence-corrected chi connectivity index (χ0v) is 13.1. The van der Waals surface area contributed by atoms with Crippen LogP contribution in [0.2, 0.25) is 0 Å². The monoisotopic (exact) mass is 342 g/mol. The van der Waals surface area contributed by atoms with Gasteiger partial charge in [0.05, 0.1) is 4.91 Å². The van der Waals surface area contributed by atoms with Gasteiger partial charge in [-0.2, -0.15) is 0 Å². The van der Waals surface area contributed by atoms with Crippen molar-refractivity contribution in [2.75, 3.05) is 6.79 Å². The third-order valence-electron chi connectivity index (χ3n) is 3.42. The largest absolute Gasteiger partial charge is 0.454 e. The lowest BCUT2D eigenvalue weighted by molar-refractivity contribution is -0.115. The number of benzene rings is 2. The molecule has 0 aliphatic carbocycles. The summed E-state index contributed by atoms with van der Waals surface area (Å²) in [5.41, 5.74) is 0.994. The number of hydrogen-bond donors (Lipinski definition) is 1. The second kappa shape index (κ2) is 6.01. The van der Waals surface area contributed by atoms with Crippen LogP contribution in [0, 0.1) is 5.82 Å². The molecule has 5 nitrogen and oxygen atoms in total. The van der Waals surface area contributed by atoms with Gasteiger partial charge in [-0.25, -0.2) is 9.38 Å². The highest BCUT2D eigenvalue weighted by Gasteiger charge is 2.24. The van der Waals surface area contributed by atoms with Gasteiger partial charge in [-0.1, -0.05) is 18.2 Å². The molecule has 1 amide bonds. The highest BCUT2D eigenvalue weighted by molar-refractivity contribution is 8.18. The Kier molecular flexibility index (Phi) is 3.70. The molecule has 0 bridgehead atoms. The van der Waals surface area contributed by atoms with Crippen molar-refractivity contribution in [3.63, 3.8) is 0 Å². The number of carbonyl (C=O) groups is 1. The van der Waals surface area contributed by atoms with Gasteiger partial charge in [-0.3, -0.25) is 4.79 Å². The number of nitrogens with zero attached hydrogens (tertiary/aromatic N) is 1. The van der Waals surface area contributed by atoms with Gasteiger partial charge >= 0.3 is 0 Å². The molecule has 2 aromatic carbocycles. The number of carbonyl (C=O) groups excluding carboxylic acids is 1. The molecular weight excluding hydrogens is 331 g/mol. The van der Waals surface area contributed by atoms with Crippen LogP contribution in [0.4, 0.5) is 10.1 Å². The van der Waals surface area contributed by atoms with Crippen molar-refractivity contribution in [3.05, 3.63) is 58.8 Å². The normalized spacial score (nSPS) is 19.1. The Hall–Kier alpha value is -2.80. The molecule has 0 spiro atoms. The smallest absolute Gasteiger partial charge is 0.264 e. The fraction of sp³-hybridized carbons (Fsp3) is 0.0588. The van der Waals surface area contributed by atoms with E-state index in [4.69, 9.17) is 9.47 Å². The fourth-order valence-electron chi connectivity index (χ4n) is 2.29. The standard InChI is InChI=1S/C17H11FN2O3S/c18-11-3-1-2-4-12(11)19-17-20-16(21)15(24-17)8-10-5-6-13-14(7-10)23-9-22-13/h1-8H,9H2,(H,19,20,21)/b15-8-. The van der Waals surface area contributed by atoms with Gasteiger partial charge in [-0.05, 0) is 47.7 Å². The molecule has 1 fully saturated rings. The molecule has 0 saturated carbocycles. The third-order valence-corrected chi connectivity index (χ3v) is 4.33. The van der Waals surface area contributed by atoms with E-state index >= 15 is 0 Å². The quantitative estimate of drug-likeness (QED) is 0.849. The zero-order chi connectivity index (χ0) is 16.5. The van der Waals surface area contributed by atoms with Crippen molar-refractivity contribution in [1.29, 1.82) is 0 Å². The topological polar surface area (TPSA) is 59.9 Å². The molecule has 24 heavy (non-hydrogen) atoms. The molecule has 0 aromatic heterocycles. The van der Waals surface area contributed by atoms with Crippen molar-refractivity contribution in [1.82, 2.24) is 5.32 Å². The van der Waals surface area contributed by atoms with E-state index in [0.29, 0.717) is 21.6 Å². The minimum Gasteiger partial charge on any atom is -0.454 e. The Morgan fingerprint density at radius 1 is 1.17 bits per heavy atom. The van der Waals surface area contributed by atoms with Crippen LogP contribution in [0.1, 0.15) is 5.56 Å². The lowest BCUT2D eigenvalue weighted by Crippen LogP contribution is -2.19. The number of ether oxygens (including phenoxy) is 2. The molecule has 2 heterocycles. The number of para-hydroxylation sites is 1. The van der Waals surface area contributed by atoms with Crippen LogP contribution < -0.4 is 14.8 Å². The van der Waals surface area contributed by atoms with Crippen LogP contribution in [0.25, 0.3) is 6.08 Å². The Morgan fingerprint density at radius 3 is 2.88 bits per heavy atom. The Bertz CT molecular complexity index is 895. The molecular formula is C17H11FN2O3S. The van der Waals surface area contributed by atoms with Crippen molar-refractivity contribution in [2.45, 2.75) is 0 Å². The van der Waals surface area contributed by atoms with Gasteiger partial charge < -0.3 is 14.8 Å². The number of amides is 1. The molecule has 4 rings (SSSR count). The summed E-state index contributed by atoms with van der Waals surface area (Å²) < 4.78 is 24.2. The summed E-state index contributed by atoms with van der Waals surface area (Å²) in [6.45, 7) is 0.198. The third kappa shape index (κ3) is 2.85. The Labute approximate surface area is 141 Å². The first kappa shape index (κ1) is 14.8. The van der Waals surface area contributed by atoms with Gasteiger partial charge in [0, 0.05) is 0 Å². The molecule has 0 radical (unpaired) electrons. The summed E-state index contributed by atoms with van der Waals surface area (Å²) >= 11 is 1.16. The van der Waals surface area contributed by atoms with Gasteiger partial charge in [0.2, 0.25) is 6.79 Å². The Morgan fingerprint density at radius 2 is 2.00 bits per heavy atom. The Balaban J connectivity index is 1.59. The second-order valence-electron chi connectivity index (χ2n) is 5.05. The summed E-state index contributed by atoms with van der Waals surface area (Å²) in [5.74, 6) is 0.622. The van der Waals surface area contributed by atoms with Crippen LogP contribution in [0.15, 0.2) is 52.4 Å². The maximum Gasteiger partial charge on any atom is 0.264 e. The lowest BCUT2D eigenvalue weighted by atomic mass is 10.2. The first-order valence-corrected chi connectivity index (χ1v) is 7.94. The number of rotatable bonds is 2. The SMILES string of the molecule is O=C1NC(=Nc2ccccc2F)S/C1=C\c1ccc2c(c1)OCO2. The number of fused-ring (bicyclic) bond motifs is 1. The number of halogens is 1. The average Bonchev–Trinajstić information content (AvgIpc) is 3.16. The highest BCUT2D eigenvalue weighted by Crippen LogP contribution is 2.34. The molecule has 7 heteroatoms. The van der Waals surface area contributed by atoms with E-state index in [1.54, 1.807) is 36.4 Å². The molecule has 120 valence electrons. The molecule has 1 N–H and O–H groups in total. The predicted molar refractivity (Wildman–Crippen MR) is 89.8 cm³/mol. The van der Waals surface area contributed by atoms with Crippen LogP contribution in [0.3, 0.4) is 0 Å². The van der Waals surface area contributed by atoms with E-state index in [1.165, 1.54) is 6.07 Å². The maximum atomic E-state index is 13.6. The van der Waals surface area contributed by atoms with Crippen molar-refractivity contribution in [2.24, 2.45) is 4.99 Å². The maximum absolute atomic E-state index is 13.6. The second-order valence-corrected chi connectivity index (χ2v) is 6.08. The first-order valence-electron chi connectivity index (χ1n) is 7.13. The van der Waals surface area contributed by atoms with Crippen molar-refractivity contribution >= 4 is 34.6 Å². The number of nitrogens with one attached hydrogen (secondary N) is 1. The molecule has 2 aliphatic rings. The van der Waals surface area contributed by atoms with E-state index < -0.39 is 5.82 Å². The molecule has 0 atom stereocenters. The summed E-state index contributed by atoms with van der Waals surface area (Å²) in [6, 6.07) is 11.6. The number of hydrogen-bond acceptors (Lipinski definition) is 5.